The average molecular weight is 208 g/mol. The summed E-state index contributed by atoms with van der Waals surface area (Å²) in [5, 5.41) is 3.06. The molecule has 0 bridgehead atoms. The van der Waals surface area contributed by atoms with Crippen molar-refractivity contribution in [2.24, 2.45) is 0 Å². The van der Waals surface area contributed by atoms with Gasteiger partial charge in [-0.15, -0.1) is 0 Å². The predicted molar refractivity (Wildman–Crippen MR) is 62.6 cm³/mol. The van der Waals surface area contributed by atoms with Crippen LogP contribution in [0.5, 0.6) is 0 Å². The van der Waals surface area contributed by atoms with Crippen LogP contribution >= 0.6 is 0 Å². The highest BCUT2D eigenvalue weighted by Crippen LogP contribution is 2.10. The van der Waals surface area contributed by atoms with Crippen LogP contribution in [-0.2, 0) is 13.1 Å². The molecule has 0 aliphatic rings. The molecule has 0 aromatic carbocycles. The zero-order chi connectivity index (χ0) is 11.3. The Labute approximate surface area is 91.8 Å². The summed E-state index contributed by atoms with van der Waals surface area (Å²) in [5.41, 5.74) is 1.17. The van der Waals surface area contributed by atoms with Crippen LogP contribution in [0.4, 0.5) is 0 Å². The van der Waals surface area contributed by atoms with E-state index in [2.05, 4.69) is 23.8 Å². The van der Waals surface area contributed by atoms with E-state index in [0.29, 0.717) is 0 Å². The molecule has 0 radical (unpaired) electrons. The molecule has 3 nitrogen and oxygen atoms in total. The molecule has 0 aliphatic carbocycles. The molecule has 1 aromatic heterocycles. The van der Waals surface area contributed by atoms with Crippen LogP contribution in [0.1, 0.15) is 18.4 Å². The van der Waals surface area contributed by atoms with Gasteiger partial charge in [0.05, 0.1) is 13.1 Å². The summed E-state index contributed by atoms with van der Waals surface area (Å²) in [6, 6.07) is 4.04. The van der Waals surface area contributed by atoms with E-state index in [1.807, 2.05) is 26.1 Å². The second-order valence-electron chi connectivity index (χ2n) is 4.03. The number of nitrogens with zero attached hydrogens (tertiary/aromatic N) is 1. The van der Waals surface area contributed by atoms with Gasteiger partial charge >= 0.3 is 0 Å². The van der Waals surface area contributed by atoms with Crippen molar-refractivity contribution in [2.45, 2.75) is 20.0 Å². The molecule has 1 aromatic rings. The number of hydrogen-bond acceptors (Lipinski definition) is 3. The van der Waals surface area contributed by atoms with Gasteiger partial charge in [-0.1, -0.05) is 12.2 Å². The van der Waals surface area contributed by atoms with Crippen LogP contribution < -0.4 is 5.32 Å². The van der Waals surface area contributed by atoms with Gasteiger partial charge in [-0.25, -0.2) is 0 Å². The van der Waals surface area contributed by atoms with Crippen LogP contribution in [0.2, 0.25) is 0 Å². The molecule has 0 unspecified atom stereocenters. The van der Waals surface area contributed by atoms with Crippen LogP contribution in [0, 0.1) is 0 Å². The van der Waals surface area contributed by atoms with Crippen molar-refractivity contribution in [3.8, 4) is 0 Å². The van der Waals surface area contributed by atoms with Gasteiger partial charge in [0, 0.05) is 6.54 Å². The third kappa shape index (κ3) is 4.32. The maximum atomic E-state index is 5.64. The van der Waals surface area contributed by atoms with E-state index in [-0.39, 0.29) is 0 Å². The van der Waals surface area contributed by atoms with Crippen LogP contribution in [0.3, 0.4) is 0 Å². The topological polar surface area (TPSA) is 28.4 Å². The van der Waals surface area contributed by atoms with Crippen LogP contribution in [0.15, 0.2) is 28.7 Å². The standard InChI is InChI=1S/C12H20N2O/c1-10(2)8-14(4)9-12-6-5-11(15-12)7-13-3/h5-6,13H,1,7-9H2,2-4H3. The van der Waals surface area contributed by atoms with E-state index in [1.54, 1.807) is 0 Å². The van der Waals surface area contributed by atoms with E-state index in [1.165, 1.54) is 5.57 Å². The van der Waals surface area contributed by atoms with Gasteiger partial charge in [-0.2, -0.15) is 0 Å². The number of nitrogens with one attached hydrogen (secondary N) is 1. The lowest BCUT2D eigenvalue weighted by molar-refractivity contribution is 0.310. The van der Waals surface area contributed by atoms with E-state index >= 15 is 0 Å². The van der Waals surface area contributed by atoms with Gasteiger partial charge in [-0.3, -0.25) is 4.90 Å². The number of rotatable bonds is 6. The molecule has 15 heavy (non-hydrogen) atoms. The Hall–Kier alpha value is -1.06. The van der Waals surface area contributed by atoms with Gasteiger partial charge < -0.3 is 9.73 Å². The number of furan rings is 1. The highest BCUT2D eigenvalue weighted by atomic mass is 16.3. The fraction of sp³-hybridized carbons (Fsp3) is 0.500. The molecule has 0 fully saturated rings. The summed E-state index contributed by atoms with van der Waals surface area (Å²) >= 11 is 0. The summed E-state index contributed by atoms with van der Waals surface area (Å²) < 4.78 is 5.64. The first-order valence-electron chi connectivity index (χ1n) is 5.17. The highest BCUT2D eigenvalue weighted by molar-refractivity contribution is 5.07. The lowest BCUT2D eigenvalue weighted by atomic mass is 10.3. The Bertz CT molecular complexity index is 317. The fourth-order valence-corrected chi connectivity index (χ4v) is 1.56. The van der Waals surface area contributed by atoms with E-state index < -0.39 is 0 Å². The number of likely N-dealkylation sites (N-methyl/N-ethyl adjacent to an activating group) is 1. The molecule has 84 valence electrons. The molecule has 1 heterocycles. The third-order valence-corrected chi connectivity index (χ3v) is 2.03. The minimum atomic E-state index is 0.782. The lowest BCUT2D eigenvalue weighted by Gasteiger charge is -2.14. The second kappa shape index (κ2) is 5.73. The molecule has 0 spiro atoms. The monoisotopic (exact) mass is 208 g/mol. The van der Waals surface area contributed by atoms with Crippen molar-refractivity contribution in [1.29, 1.82) is 0 Å². The van der Waals surface area contributed by atoms with Crippen molar-refractivity contribution in [3.63, 3.8) is 0 Å². The Morgan fingerprint density at radius 1 is 1.47 bits per heavy atom. The summed E-state index contributed by atoms with van der Waals surface area (Å²) in [6.07, 6.45) is 0. The molecular formula is C12H20N2O. The first-order chi connectivity index (χ1) is 7.11. The fourth-order valence-electron chi connectivity index (χ4n) is 1.56. The van der Waals surface area contributed by atoms with Crippen molar-refractivity contribution in [1.82, 2.24) is 10.2 Å². The Kier molecular flexibility index (Phi) is 4.59. The van der Waals surface area contributed by atoms with Gasteiger partial charge in [0.15, 0.2) is 0 Å². The first kappa shape index (κ1) is 12.0. The van der Waals surface area contributed by atoms with Crippen LogP contribution in [0.25, 0.3) is 0 Å². The highest BCUT2D eigenvalue weighted by Gasteiger charge is 2.04. The maximum absolute atomic E-state index is 5.64. The Morgan fingerprint density at radius 3 is 2.73 bits per heavy atom. The number of hydrogen-bond donors (Lipinski definition) is 1. The maximum Gasteiger partial charge on any atom is 0.118 e. The van der Waals surface area contributed by atoms with Gasteiger partial charge in [0.2, 0.25) is 0 Å². The summed E-state index contributed by atoms with van der Waals surface area (Å²) in [7, 11) is 3.98. The van der Waals surface area contributed by atoms with E-state index in [9.17, 15) is 0 Å². The molecule has 1 rings (SSSR count). The van der Waals surface area contributed by atoms with Crippen molar-refractivity contribution >= 4 is 0 Å². The Morgan fingerprint density at radius 2 is 2.13 bits per heavy atom. The summed E-state index contributed by atoms with van der Waals surface area (Å²) in [6.45, 7) is 8.44. The molecule has 0 saturated heterocycles. The van der Waals surface area contributed by atoms with Gasteiger partial charge in [-0.05, 0) is 33.2 Å². The minimum absolute atomic E-state index is 0.782. The Balaban J connectivity index is 2.45. The second-order valence-corrected chi connectivity index (χ2v) is 4.03. The minimum Gasteiger partial charge on any atom is -0.463 e. The summed E-state index contributed by atoms with van der Waals surface area (Å²) in [4.78, 5) is 2.18. The van der Waals surface area contributed by atoms with E-state index in [4.69, 9.17) is 4.42 Å². The lowest BCUT2D eigenvalue weighted by Crippen LogP contribution is -2.19. The first-order valence-corrected chi connectivity index (χ1v) is 5.17. The van der Waals surface area contributed by atoms with Gasteiger partial charge in [0.1, 0.15) is 11.5 Å². The molecule has 0 aliphatic heterocycles. The zero-order valence-electron chi connectivity index (χ0n) is 9.84. The zero-order valence-corrected chi connectivity index (χ0v) is 9.84. The quantitative estimate of drug-likeness (QED) is 0.725. The van der Waals surface area contributed by atoms with Crippen molar-refractivity contribution < 1.29 is 4.42 Å². The van der Waals surface area contributed by atoms with E-state index in [0.717, 1.165) is 31.2 Å². The third-order valence-electron chi connectivity index (χ3n) is 2.03. The van der Waals surface area contributed by atoms with Gasteiger partial charge in [0.25, 0.3) is 0 Å². The average Bonchev–Trinajstić information content (AvgIpc) is 2.51. The van der Waals surface area contributed by atoms with Crippen molar-refractivity contribution in [3.05, 3.63) is 35.8 Å². The summed E-state index contributed by atoms with van der Waals surface area (Å²) in [5.74, 6) is 1.99. The van der Waals surface area contributed by atoms with Crippen LogP contribution in [-0.4, -0.2) is 25.5 Å². The molecule has 0 saturated carbocycles. The largest absolute Gasteiger partial charge is 0.463 e. The van der Waals surface area contributed by atoms with Crippen molar-refractivity contribution in [2.75, 3.05) is 20.6 Å². The predicted octanol–water partition coefficient (Wildman–Crippen LogP) is 2.01. The molecular weight excluding hydrogens is 188 g/mol. The molecule has 3 heteroatoms. The molecule has 0 atom stereocenters. The molecule has 0 amide bonds. The SMILES string of the molecule is C=C(C)CN(C)Cc1ccc(CNC)o1. The molecule has 1 N–H and O–H groups in total. The smallest absolute Gasteiger partial charge is 0.118 e. The normalized spacial score (nSPS) is 10.9.